The number of rotatable bonds is 5. The number of likely N-dealkylation sites (tertiary alicyclic amines) is 1. The number of hydrogen-bond donors (Lipinski definition) is 1. The molecule has 0 aliphatic carbocycles. The Hall–Kier alpha value is -0.570. The van der Waals surface area contributed by atoms with Crippen molar-refractivity contribution >= 4 is 5.91 Å². The first kappa shape index (κ1) is 11.5. The van der Waals surface area contributed by atoms with Crippen molar-refractivity contribution < 1.29 is 4.79 Å². The molecule has 0 aromatic heterocycles. The van der Waals surface area contributed by atoms with Gasteiger partial charge in [0.15, 0.2) is 0 Å². The van der Waals surface area contributed by atoms with E-state index in [9.17, 15) is 4.79 Å². The minimum atomic E-state index is 0.295. The summed E-state index contributed by atoms with van der Waals surface area (Å²) < 4.78 is 0. The van der Waals surface area contributed by atoms with Crippen molar-refractivity contribution in [1.29, 1.82) is 0 Å². The van der Waals surface area contributed by atoms with E-state index in [1.807, 2.05) is 4.90 Å². The molecule has 1 aliphatic rings. The van der Waals surface area contributed by atoms with E-state index < -0.39 is 0 Å². The SMILES string of the molecule is CCCCC(C)N1CC(CN)CC1=O. The van der Waals surface area contributed by atoms with Crippen LogP contribution < -0.4 is 5.73 Å². The van der Waals surface area contributed by atoms with Gasteiger partial charge in [-0.05, 0) is 25.8 Å². The molecule has 1 rings (SSSR count). The number of carbonyl (C=O) groups is 1. The Morgan fingerprint density at radius 3 is 2.86 bits per heavy atom. The van der Waals surface area contributed by atoms with Gasteiger partial charge in [-0.2, -0.15) is 0 Å². The third kappa shape index (κ3) is 2.71. The maximum Gasteiger partial charge on any atom is 0.223 e. The van der Waals surface area contributed by atoms with Crippen LogP contribution in [-0.2, 0) is 4.79 Å². The number of amides is 1. The summed E-state index contributed by atoms with van der Waals surface area (Å²) in [6, 6.07) is 0.402. The lowest BCUT2D eigenvalue weighted by Gasteiger charge is -2.24. The molecule has 1 saturated heterocycles. The lowest BCUT2D eigenvalue weighted by atomic mass is 10.1. The van der Waals surface area contributed by atoms with Gasteiger partial charge in [0.1, 0.15) is 0 Å². The highest BCUT2D eigenvalue weighted by Gasteiger charge is 2.31. The molecule has 1 fully saturated rings. The lowest BCUT2D eigenvalue weighted by Crippen LogP contribution is -2.34. The average molecular weight is 198 g/mol. The molecule has 82 valence electrons. The van der Waals surface area contributed by atoms with Gasteiger partial charge in [-0.25, -0.2) is 0 Å². The highest BCUT2D eigenvalue weighted by molar-refractivity contribution is 5.78. The Morgan fingerprint density at radius 2 is 2.36 bits per heavy atom. The van der Waals surface area contributed by atoms with Crippen molar-refractivity contribution in [3.8, 4) is 0 Å². The molecule has 3 heteroatoms. The zero-order chi connectivity index (χ0) is 10.6. The van der Waals surface area contributed by atoms with Crippen molar-refractivity contribution in [3.05, 3.63) is 0 Å². The molecule has 0 aromatic rings. The van der Waals surface area contributed by atoms with Crippen molar-refractivity contribution in [2.75, 3.05) is 13.1 Å². The van der Waals surface area contributed by atoms with E-state index in [1.165, 1.54) is 12.8 Å². The van der Waals surface area contributed by atoms with Gasteiger partial charge in [-0.3, -0.25) is 4.79 Å². The largest absolute Gasteiger partial charge is 0.340 e. The summed E-state index contributed by atoms with van der Waals surface area (Å²) in [6.07, 6.45) is 4.19. The molecule has 14 heavy (non-hydrogen) atoms. The van der Waals surface area contributed by atoms with Crippen LogP contribution in [0, 0.1) is 5.92 Å². The maximum atomic E-state index is 11.6. The Kier molecular flexibility index (Phi) is 4.39. The van der Waals surface area contributed by atoms with Crippen LogP contribution in [0.1, 0.15) is 39.5 Å². The fourth-order valence-electron chi connectivity index (χ4n) is 2.05. The predicted octanol–water partition coefficient (Wildman–Crippen LogP) is 1.37. The van der Waals surface area contributed by atoms with E-state index in [0.717, 1.165) is 13.0 Å². The Bertz CT molecular complexity index is 194. The quantitative estimate of drug-likeness (QED) is 0.725. The number of carbonyl (C=O) groups excluding carboxylic acids is 1. The normalized spacial score (nSPS) is 24.4. The first-order chi connectivity index (χ1) is 6.69. The summed E-state index contributed by atoms with van der Waals surface area (Å²) in [6.45, 7) is 5.84. The molecule has 2 N–H and O–H groups in total. The lowest BCUT2D eigenvalue weighted by molar-refractivity contribution is -0.129. The number of unbranched alkanes of at least 4 members (excludes halogenated alkanes) is 1. The molecule has 1 amide bonds. The predicted molar refractivity (Wildman–Crippen MR) is 57.9 cm³/mol. The Balaban J connectivity index is 2.40. The summed E-state index contributed by atoms with van der Waals surface area (Å²) in [7, 11) is 0. The minimum absolute atomic E-state index is 0.295. The minimum Gasteiger partial charge on any atom is -0.340 e. The number of hydrogen-bond acceptors (Lipinski definition) is 2. The van der Waals surface area contributed by atoms with E-state index in [4.69, 9.17) is 5.73 Å². The van der Waals surface area contributed by atoms with E-state index in [-0.39, 0.29) is 0 Å². The molecule has 0 radical (unpaired) electrons. The first-order valence-corrected chi connectivity index (χ1v) is 5.68. The molecule has 0 bridgehead atoms. The second-order valence-electron chi connectivity index (χ2n) is 4.34. The molecular weight excluding hydrogens is 176 g/mol. The molecule has 3 nitrogen and oxygen atoms in total. The third-order valence-corrected chi connectivity index (χ3v) is 3.08. The van der Waals surface area contributed by atoms with Gasteiger partial charge in [0.2, 0.25) is 5.91 Å². The highest BCUT2D eigenvalue weighted by Crippen LogP contribution is 2.21. The van der Waals surface area contributed by atoms with Crippen molar-refractivity contribution in [2.45, 2.75) is 45.6 Å². The topological polar surface area (TPSA) is 46.3 Å². The number of nitrogens with zero attached hydrogens (tertiary/aromatic N) is 1. The Labute approximate surface area is 86.6 Å². The zero-order valence-corrected chi connectivity index (χ0v) is 9.33. The summed E-state index contributed by atoms with van der Waals surface area (Å²) in [4.78, 5) is 13.6. The zero-order valence-electron chi connectivity index (χ0n) is 9.33. The second-order valence-corrected chi connectivity index (χ2v) is 4.34. The summed E-state index contributed by atoms with van der Waals surface area (Å²) in [5.74, 6) is 0.690. The van der Waals surface area contributed by atoms with Crippen LogP contribution in [0.3, 0.4) is 0 Å². The third-order valence-electron chi connectivity index (χ3n) is 3.08. The molecule has 2 unspecified atom stereocenters. The Morgan fingerprint density at radius 1 is 1.64 bits per heavy atom. The standard InChI is InChI=1S/C11H22N2O/c1-3-4-5-9(2)13-8-10(7-12)6-11(13)14/h9-10H,3-8,12H2,1-2H3. The van der Waals surface area contributed by atoms with E-state index in [0.29, 0.717) is 30.8 Å². The molecule has 0 saturated carbocycles. The molecular formula is C11H22N2O. The van der Waals surface area contributed by atoms with Gasteiger partial charge in [0, 0.05) is 19.0 Å². The van der Waals surface area contributed by atoms with Crippen LogP contribution in [-0.4, -0.2) is 29.9 Å². The summed E-state index contributed by atoms with van der Waals surface area (Å²) in [5, 5.41) is 0. The highest BCUT2D eigenvalue weighted by atomic mass is 16.2. The van der Waals surface area contributed by atoms with E-state index in [2.05, 4.69) is 13.8 Å². The van der Waals surface area contributed by atoms with E-state index in [1.54, 1.807) is 0 Å². The van der Waals surface area contributed by atoms with Crippen LogP contribution in [0.2, 0.25) is 0 Å². The summed E-state index contributed by atoms with van der Waals surface area (Å²) >= 11 is 0. The fourth-order valence-corrected chi connectivity index (χ4v) is 2.05. The average Bonchev–Trinajstić information content (AvgIpc) is 2.56. The first-order valence-electron chi connectivity index (χ1n) is 5.68. The van der Waals surface area contributed by atoms with Crippen molar-refractivity contribution in [2.24, 2.45) is 11.7 Å². The fraction of sp³-hybridized carbons (Fsp3) is 0.909. The van der Waals surface area contributed by atoms with Gasteiger partial charge >= 0.3 is 0 Å². The van der Waals surface area contributed by atoms with E-state index >= 15 is 0 Å². The second kappa shape index (κ2) is 5.35. The van der Waals surface area contributed by atoms with Crippen LogP contribution in [0.25, 0.3) is 0 Å². The van der Waals surface area contributed by atoms with Crippen LogP contribution in [0.15, 0.2) is 0 Å². The smallest absolute Gasteiger partial charge is 0.223 e. The summed E-state index contributed by atoms with van der Waals surface area (Å²) in [5.41, 5.74) is 5.58. The van der Waals surface area contributed by atoms with Gasteiger partial charge in [0.25, 0.3) is 0 Å². The maximum absolute atomic E-state index is 11.6. The molecule has 2 atom stereocenters. The van der Waals surface area contributed by atoms with Gasteiger partial charge in [0.05, 0.1) is 0 Å². The van der Waals surface area contributed by atoms with Gasteiger partial charge in [-0.1, -0.05) is 19.8 Å². The van der Waals surface area contributed by atoms with Crippen molar-refractivity contribution in [3.63, 3.8) is 0 Å². The monoisotopic (exact) mass is 198 g/mol. The van der Waals surface area contributed by atoms with Crippen LogP contribution in [0.4, 0.5) is 0 Å². The number of nitrogens with two attached hydrogens (primary N) is 1. The van der Waals surface area contributed by atoms with Gasteiger partial charge < -0.3 is 10.6 Å². The van der Waals surface area contributed by atoms with Crippen LogP contribution >= 0.6 is 0 Å². The van der Waals surface area contributed by atoms with Crippen LogP contribution in [0.5, 0.6) is 0 Å². The molecule has 1 aliphatic heterocycles. The molecule has 0 aromatic carbocycles. The van der Waals surface area contributed by atoms with Gasteiger partial charge in [-0.15, -0.1) is 0 Å². The molecule has 0 spiro atoms. The molecule has 1 heterocycles. The van der Waals surface area contributed by atoms with Crippen molar-refractivity contribution in [1.82, 2.24) is 4.90 Å².